The summed E-state index contributed by atoms with van der Waals surface area (Å²) in [7, 11) is -2.88. The molecule has 55 heavy (non-hydrogen) atoms. The third kappa shape index (κ3) is 5.01. The summed E-state index contributed by atoms with van der Waals surface area (Å²) >= 11 is 0. The van der Waals surface area contributed by atoms with Crippen molar-refractivity contribution >= 4 is 61.8 Å². The maximum atomic E-state index is 6.23. The van der Waals surface area contributed by atoms with Crippen LogP contribution < -0.4 is 25.5 Å². The molecule has 0 bridgehead atoms. The lowest BCUT2D eigenvalue weighted by molar-refractivity contribution is 0.281. The Bertz CT molecular complexity index is 3020. The van der Waals surface area contributed by atoms with Gasteiger partial charge >= 0.3 is 0 Å². The van der Waals surface area contributed by atoms with E-state index in [-0.39, 0.29) is 0 Å². The van der Waals surface area contributed by atoms with Crippen LogP contribution in [0.4, 0.5) is 0 Å². The predicted molar refractivity (Wildman–Crippen MR) is 227 cm³/mol. The van der Waals surface area contributed by atoms with Gasteiger partial charge in [-0.25, -0.2) is 4.98 Å². The second-order valence-electron chi connectivity index (χ2n) is 14.3. The highest BCUT2D eigenvalue weighted by atomic mass is 28.3. The van der Waals surface area contributed by atoms with E-state index in [0.29, 0.717) is 6.61 Å². The van der Waals surface area contributed by atoms with Crippen molar-refractivity contribution in [3.63, 3.8) is 0 Å². The molecule has 0 unspecified atom stereocenters. The molecule has 1 aliphatic rings. The molecule has 0 spiro atoms. The minimum Gasteiger partial charge on any atom is -0.483 e. The van der Waals surface area contributed by atoms with Crippen LogP contribution in [-0.4, -0.2) is 17.6 Å². The first-order valence-electron chi connectivity index (χ1n) is 18.7. The number of para-hydroxylation sites is 3. The third-order valence-corrected chi connectivity index (χ3v) is 16.0. The molecule has 0 radical (unpaired) electrons. The average Bonchev–Trinajstić information content (AvgIpc) is 3.83. The molecule has 10 aromatic rings. The Balaban J connectivity index is 1.11. The lowest BCUT2D eigenvalue weighted by atomic mass is 10.0. The van der Waals surface area contributed by atoms with Gasteiger partial charge in [0, 0.05) is 10.8 Å². The number of fused-ring (bicyclic) bond motifs is 8. The Morgan fingerprint density at radius 3 is 1.78 bits per heavy atom. The molecule has 8 aromatic carbocycles. The van der Waals surface area contributed by atoms with E-state index in [1.165, 1.54) is 31.9 Å². The minimum absolute atomic E-state index is 0.449. The Morgan fingerprint density at radius 1 is 0.455 bits per heavy atom. The first kappa shape index (κ1) is 31.6. The van der Waals surface area contributed by atoms with Crippen molar-refractivity contribution in [3.05, 3.63) is 200 Å². The zero-order valence-corrected chi connectivity index (χ0v) is 30.9. The summed E-state index contributed by atoms with van der Waals surface area (Å²) in [4.78, 5) is 4.89. The molecule has 1 aliphatic heterocycles. The van der Waals surface area contributed by atoms with Crippen LogP contribution in [0.25, 0.3) is 60.9 Å². The quantitative estimate of drug-likeness (QED) is 0.127. The first-order chi connectivity index (χ1) is 27.2. The molecule has 0 fully saturated rings. The Labute approximate surface area is 319 Å². The highest BCUT2D eigenvalue weighted by Crippen LogP contribution is 2.37. The topological polar surface area (TPSA) is 40.2 Å². The van der Waals surface area contributed by atoms with Gasteiger partial charge in [0.1, 0.15) is 23.5 Å². The van der Waals surface area contributed by atoms with E-state index >= 15 is 0 Å². The van der Waals surface area contributed by atoms with Crippen LogP contribution in [0, 0.1) is 0 Å². The van der Waals surface area contributed by atoms with Gasteiger partial charge in [0.15, 0.2) is 13.9 Å². The Kier molecular flexibility index (Phi) is 7.22. The van der Waals surface area contributed by atoms with Crippen LogP contribution in [0.1, 0.15) is 5.82 Å². The molecule has 260 valence electrons. The van der Waals surface area contributed by atoms with Crippen LogP contribution in [0.15, 0.2) is 199 Å². The summed E-state index contributed by atoms with van der Waals surface area (Å²) in [6.45, 7) is 0.449. The average molecular weight is 723 g/mol. The highest BCUT2D eigenvalue weighted by molar-refractivity contribution is 7.20. The molecule has 0 saturated heterocycles. The molecule has 0 saturated carbocycles. The van der Waals surface area contributed by atoms with E-state index in [4.69, 9.17) is 14.1 Å². The minimum atomic E-state index is -2.88. The number of hydrogen-bond acceptors (Lipinski definition) is 3. The molecular formula is C50H34N2O2Si. The summed E-state index contributed by atoms with van der Waals surface area (Å²) in [5.74, 6) is 1.78. The van der Waals surface area contributed by atoms with Gasteiger partial charge in [0.05, 0.1) is 16.7 Å². The van der Waals surface area contributed by atoms with Crippen molar-refractivity contribution in [2.75, 3.05) is 0 Å². The van der Waals surface area contributed by atoms with Gasteiger partial charge in [-0.1, -0.05) is 152 Å². The fourth-order valence-electron chi connectivity index (χ4n) is 8.72. The molecule has 11 rings (SSSR count). The van der Waals surface area contributed by atoms with Crippen molar-refractivity contribution in [1.82, 2.24) is 9.55 Å². The lowest BCUT2D eigenvalue weighted by Crippen LogP contribution is -2.74. The molecule has 0 N–H and O–H groups in total. The normalized spacial score (nSPS) is 12.4. The zero-order chi connectivity index (χ0) is 36.3. The standard InChI is InChI=1S/C50H34N2O2Si/c1-3-15-38(16-4-1)55(39-17-5-2-6-18-39,40-19-11-13-34(29-40)36-25-27-48-43(31-36)42-21-7-10-24-47(42)54-48)41-20-12-14-35(30-41)37-26-28-49-46(32-37)52-45-23-9-8-22-44(45)51-50(52)33-53-49/h1-32H,33H2. The molecule has 5 heteroatoms. The molecule has 0 aliphatic carbocycles. The summed E-state index contributed by atoms with van der Waals surface area (Å²) in [6.07, 6.45) is 0. The summed E-state index contributed by atoms with van der Waals surface area (Å²) in [5.41, 5.74) is 9.54. The highest BCUT2D eigenvalue weighted by Gasteiger charge is 2.41. The molecule has 4 nitrogen and oxygen atoms in total. The van der Waals surface area contributed by atoms with Crippen molar-refractivity contribution in [1.29, 1.82) is 0 Å². The second-order valence-corrected chi connectivity index (χ2v) is 18.1. The van der Waals surface area contributed by atoms with E-state index in [0.717, 1.165) is 61.4 Å². The fourth-order valence-corrected chi connectivity index (χ4v) is 13.5. The summed E-state index contributed by atoms with van der Waals surface area (Å²) in [6, 6.07) is 70.5. The number of nitrogens with zero attached hydrogens (tertiary/aromatic N) is 2. The number of rotatable bonds is 6. The fraction of sp³-hybridized carbons (Fsp3) is 0.0200. The van der Waals surface area contributed by atoms with Gasteiger partial charge in [-0.05, 0) is 85.5 Å². The van der Waals surface area contributed by atoms with E-state index < -0.39 is 8.07 Å². The maximum Gasteiger partial charge on any atom is 0.179 e. The van der Waals surface area contributed by atoms with Gasteiger partial charge in [-0.15, -0.1) is 0 Å². The largest absolute Gasteiger partial charge is 0.483 e. The van der Waals surface area contributed by atoms with Crippen molar-refractivity contribution in [2.45, 2.75) is 6.61 Å². The van der Waals surface area contributed by atoms with Gasteiger partial charge in [-0.2, -0.15) is 0 Å². The Hall–Kier alpha value is -6.95. The van der Waals surface area contributed by atoms with Crippen molar-refractivity contribution in [2.24, 2.45) is 0 Å². The smallest absolute Gasteiger partial charge is 0.179 e. The monoisotopic (exact) mass is 722 g/mol. The first-order valence-corrected chi connectivity index (χ1v) is 20.7. The van der Waals surface area contributed by atoms with E-state index in [9.17, 15) is 0 Å². The molecule has 2 aromatic heterocycles. The number of benzene rings is 8. The van der Waals surface area contributed by atoms with Gasteiger partial charge in [0.2, 0.25) is 0 Å². The third-order valence-electron chi connectivity index (χ3n) is 11.2. The van der Waals surface area contributed by atoms with Crippen molar-refractivity contribution in [3.8, 4) is 33.7 Å². The Morgan fingerprint density at radius 2 is 1.04 bits per heavy atom. The number of ether oxygens (including phenoxy) is 1. The van der Waals surface area contributed by atoms with Crippen LogP contribution in [-0.2, 0) is 6.61 Å². The van der Waals surface area contributed by atoms with Crippen LogP contribution in [0.3, 0.4) is 0 Å². The zero-order valence-electron chi connectivity index (χ0n) is 29.9. The number of hydrogen-bond donors (Lipinski definition) is 0. The van der Waals surface area contributed by atoms with E-state index in [2.05, 4.69) is 180 Å². The number of imidazole rings is 1. The maximum absolute atomic E-state index is 6.23. The van der Waals surface area contributed by atoms with Gasteiger partial charge in [0.25, 0.3) is 0 Å². The lowest BCUT2D eigenvalue weighted by Gasteiger charge is -2.35. The number of aromatic nitrogens is 2. The van der Waals surface area contributed by atoms with E-state index in [1.807, 2.05) is 18.2 Å². The molecule has 0 amide bonds. The SMILES string of the molecule is c1ccc([Si](c2ccccc2)(c2cccc(-c3ccc4c(c3)-n3c(nc5ccccc53)CO4)c2)c2cccc(-c3ccc4oc5ccccc5c4c3)c2)cc1. The second kappa shape index (κ2) is 12.6. The van der Waals surface area contributed by atoms with Crippen LogP contribution >= 0.6 is 0 Å². The van der Waals surface area contributed by atoms with Crippen molar-refractivity contribution < 1.29 is 9.15 Å². The van der Waals surface area contributed by atoms with Crippen LogP contribution in [0.2, 0.25) is 0 Å². The predicted octanol–water partition coefficient (Wildman–Crippen LogP) is 9.53. The molecular weight excluding hydrogens is 689 g/mol. The van der Waals surface area contributed by atoms with E-state index in [1.54, 1.807) is 0 Å². The molecule has 0 atom stereocenters. The van der Waals surface area contributed by atoms with Gasteiger partial charge in [-0.3, -0.25) is 4.57 Å². The number of furan rings is 1. The summed E-state index contributed by atoms with van der Waals surface area (Å²) in [5, 5.41) is 7.58. The summed E-state index contributed by atoms with van der Waals surface area (Å²) < 4.78 is 14.7. The van der Waals surface area contributed by atoms with Crippen LogP contribution in [0.5, 0.6) is 5.75 Å². The molecule has 3 heterocycles. The van der Waals surface area contributed by atoms with Gasteiger partial charge < -0.3 is 9.15 Å².